The van der Waals surface area contributed by atoms with Gasteiger partial charge in [0.05, 0.1) is 5.92 Å². The molecule has 16 heavy (non-hydrogen) atoms. The predicted molar refractivity (Wildman–Crippen MR) is 59.8 cm³/mol. The zero-order valence-electron chi connectivity index (χ0n) is 8.72. The average Bonchev–Trinajstić information content (AvgIpc) is 2.29. The molecule has 0 spiro atoms. The van der Waals surface area contributed by atoms with Gasteiger partial charge in [-0.2, -0.15) is 0 Å². The van der Waals surface area contributed by atoms with Crippen molar-refractivity contribution >= 4 is 17.3 Å². The van der Waals surface area contributed by atoms with E-state index in [0.717, 1.165) is 5.56 Å². The van der Waals surface area contributed by atoms with Crippen LogP contribution in [0.15, 0.2) is 36.4 Å². The summed E-state index contributed by atoms with van der Waals surface area (Å²) in [4.78, 5) is 22.4. The third-order valence-corrected chi connectivity index (χ3v) is 2.78. The van der Waals surface area contributed by atoms with Crippen LogP contribution in [0.5, 0.6) is 0 Å². The molecule has 0 saturated carbocycles. The van der Waals surface area contributed by atoms with Crippen LogP contribution in [-0.2, 0) is 9.59 Å². The van der Waals surface area contributed by atoms with Crippen LogP contribution in [0.25, 0.3) is 5.57 Å². The quantitative estimate of drug-likeness (QED) is 0.823. The van der Waals surface area contributed by atoms with E-state index in [9.17, 15) is 9.59 Å². The number of ketones is 1. The summed E-state index contributed by atoms with van der Waals surface area (Å²) in [5, 5.41) is 9.10. The van der Waals surface area contributed by atoms with E-state index < -0.39 is 11.9 Å². The normalized spacial score (nSPS) is 20.4. The summed E-state index contributed by atoms with van der Waals surface area (Å²) in [6.45, 7) is 0. The monoisotopic (exact) mass is 216 g/mol. The molecule has 0 heterocycles. The van der Waals surface area contributed by atoms with Crippen molar-refractivity contribution in [3.8, 4) is 0 Å². The molecule has 0 amide bonds. The molecule has 1 atom stereocenters. The SMILES string of the molecule is O=C1C=C(c2ccccc2)C(C(=O)O)CC1. The minimum Gasteiger partial charge on any atom is -0.481 e. The van der Waals surface area contributed by atoms with E-state index in [2.05, 4.69) is 0 Å². The van der Waals surface area contributed by atoms with E-state index in [1.165, 1.54) is 6.08 Å². The number of carbonyl (C=O) groups excluding carboxylic acids is 1. The Labute approximate surface area is 93.4 Å². The van der Waals surface area contributed by atoms with Crippen molar-refractivity contribution in [1.29, 1.82) is 0 Å². The molecule has 1 unspecified atom stereocenters. The maximum Gasteiger partial charge on any atom is 0.311 e. The van der Waals surface area contributed by atoms with Gasteiger partial charge in [-0.1, -0.05) is 30.3 Å². The van der Waals surface area contributed by atoms with Crippen molar-refractivity contribution in [3.63, 3.8) is 0 Å². The molecule has 1 aliphatic rings. The van der Waals surface area contributed by atoms with E-state index in [4.69, 9.17) is 5.11 Å². The Morgan fingerprint density at radius 3 is 2.56 bits per heavy atom. The van der Waals surface area contributed by atoms with Crippen molar-refractivity contribution in [1.82, 2.24) is 0 Å². The first kappa shape index (κ1) is 10.6. The molecule has 0 saturated heterocycles. The van der Waals surface area contributed by atoms with Crippen LogP contribution in [0.4, 0.5) is 0 Å². The van der Waals surface area contributed by atoms with Gasteiger partial charge in [0, 0.05) is 6.42 Å². The Morgan fingerprint density at radius 2 is 1.94 bits per heavy atom. The molecule has 1 N–H and O–H groups in total. The van der Waals surface area contributed by atoms with E-state index >= 15 is 0 Å². The molecule has 0 fully saturated rings. The molecule has 1 aromatic carbocycles. The molecule has 3 nitrogen and oxygen atoms in total. The summed E-state index contributed by atoms with van der Waals surface area (Å²) in [6, 6.07) is 9.22. The summed E-state index contributed by atoms with van der Waals surface area (Å²) in [5.74, 6) is -1.40. The smallest absolute Gasteiger partial charge is 0.311 e. The maximum atomic E-state index is 11.3. The molecule has 2 rings (SSSR count). The summed E-state index contributed by atoms with van der Waals surface area (Å²) >= 11 is 0. The zero-order chi connectivity index (χ0) is 11.5. The predicted octanol–water partition coefficient (Wildman–Crippen LogP) is 2.13. The van der Waals surface area contributed by atoms with E-state index in [1.54, 1.807) is 0 Å². The Hall–Kier alpha value is -1.90. The minimum atomic E-state index is -0.859. The lowest BCUT2D eigenvalue weighted by Gasteiger charge is -2.20. The molecule has 1 aliphatic carbocycles. The van der Waals surface area contributed by atoms with Gasteiger partial charge in [0.2, 0.25) is 0 Å². The van der Waals surface area contributed by atoms with Gasteiger partial charge in [0.25, 0.3) is 0 Å². The number of aliphatic carboxylic acids is 1. The number of carboxylic acid groups (broad SMARTS) is 1. The topological polar surface area (TPSA) is 54.4 Å². The second-order valence-corrected chi connectivity index (χ2v) is 3.86. The van der Waals surface area contributed by atoms with Crippen LogP contribution in [0.1, 0.15) is 18.4 Å². The van der Waals surface area contributed by atoms with Crippen LogP contribution in [-0.4, -0.2) is 16.9 Å². The lowest BCUT2D eigenvalue weighted by Crippen LogP contribution is -2.21. The van der Waals surface area contributed by atoms with Crippen molar-refractivity contribution in [2.45, 2.75) is 12.8 Å². The van der Waals surface area contributed by atoms with Gasteiger partial charge in [-0.25, -0.2) is 0 Å². The number of allylic oxidation sites excluding steroid dienone is 1. The van der Waals surface area contributed by atoms with Crippen LogP contribution in [0.2, 0.25) is 0 Å². The van der Waals surface area contributed by atoms with E-state index in [-0.39, 0.29) is 5.78 Å². The largest absolute Gasteiger partial charge is 0.481 e. The Balaban J connectivity index is 2.42. The molecule has 0 bridgehead atoms. The first-order valence-electron chi connectivity index (χ1n) is 5.21. The zero-order valence-corrected chi connectivity index (χ0v) is 8.72. The second kappa shape index (κ2) is 4.31. The molecule has 3 heteroatoms. The Morgan fingerprint density at radius 1 is 1.25 bits per heavy atom. The van der Waals surface area contributed by atoms with E-state index in [0.29, 0.717) is 18.4 Å². The van der Waals surface area contributed by atoms with Crippen molar-refractivity contribution in [2.75, 3.05) is 0 Å². The Bertz CT molecular complexity index is 446. The molecular formula is C13H12O3. The Kier molecular flexibility index (Phi) is 2.86. The summed E-state index contributed by atoms with van der Waals surface area (Å²) in [7, 11) is 0. The fourth-order valence-electron chi connectivity index (χ4n) is 1.96. The maximum absolute atomic E-state index is 11.3. The van der Waals surface area contributed by atoms with E-state index in [1.807, 2.05) is 30.3 Å². The molecule has 0 radical (unpaired) electrons. The molecular weight excluding hydrogens is 204 g/mol. The van der Waals surface area contributed by atoms with Gasteiger partial charge in [0.15, 0.2) is 5.78 Å². The van der Waals surface area contributed by atoms with Gasteiger partial charge >= 0.3 is 5.97 Å². The van der Waals surface area contributed by atoms with Crippen LogP contribution in [0, 0.1) is 5.92 Å². The third kappa shape index (κ3) is 2.03. The lowest BCUT2D eigenvalue weighted by molar-refractivity contribution is -0.140. The third-order valence-electron chi connectivity index (χ3n) is 2.78. The van der Waals surface area contributed by atoms with Crippen LogP contribution < -0.4 is 0 Å². The van der Waals surface area contributed by atoms with Gasteiger partial charge in [-0.05, 0) is 23.6 Å². The second-order valence-electron chi connectivity index (χ2n) is 3.86. The fraction of sp³-hybridized carbons (Fsp3) is 0.231. The standard InChI is InChI=1S/C13H12O3/c14-10-6-7-11(13(15)16)12(8-10)9-4-2-1-3-5-9/h1-5,8,11H,6-7H2,(H,15,16). The summed E-state index contributed by atoms with van der Waals surface area (Å²) < 4.78 is 0. The van der Waals surface area contributed by atoms with Crippen molar-refractivity contribution in [2.24, 2.45) is 5.92 Å². The van der Waals surface area contributed by atoms with Crippen molar-refractivity contribution in [3.05, 3.63) is 42.0 Å². The van der Waals surface area contributed by atoms with Crippen molar-refractivity contribution < 1.29 is 14.7 Å². The molecule has 82 valence electrons. The van der Waals surface area contributed by atoms with Gasteiger partial charge in [0.1, 0.15) is 0 Å². The highest BCUT2D eigenvalue weighted by atomic mass is 16.4. The van der Waals surface area contributed by atoms with Crippen LogP contribution in [0.3, 0.4) is 0 Å². The summed E-state index contributed by atoms with van der Waals surface area (Å²) in [6.07, 6.45) is 2.19. The number of rotatable bonds is 2. The van der Waals surface area contributed by atoms with Gasteiger partial charge < -0.3 is 5.11 Å². The average molecular weight is 216 g/mol. The number of carbonyl (C=O) groups is 2. The number of benzene rings is 1. The molecule has 0 aromatic heterocycles. The summed E-state index contributed by atoms with van der Waals surface area (Å²) in [5.41, 5.74) is 1.45. The molecule has 0 aliphatic heterocycles. The number of hydrogen-bond acceptors (Lipinski definition) is 2. The van der Waals surface area contributed by atoms with Gasteiger partial charge in [-0.3, -0.25) is 9.59 Å². The first-order valence-corrected chi connectivity index (χ1v) is 5.21. The lowest BCUT2D eigenvalue weighted by atomic mass is 9.83. The van der Waals surface area contributed by atoms with Gasteiger partial charge in [-0.15, -0.1) is 0 Å². The number of hydrogen-bond donors (Lipinski definition) is 1. The minimum absolute atomic E-state index is 0.0105. The highest BCUT2D eigenvalue weighted by Gasteiger charge is 2.28. The fourth-order valence-corrected chi connectivity index (χ4v) is 1.96. The van der Waals surface area contributed by atoms with Crippen LogP contribution >= 0.6 is 0 Å². The highest BCUT2D eigenvalue weighted by molar-refractivity contribution is 6.03. The molecule has 1 aromatic rings. The highest BCUT2D eigenvalue weighted by Crippen LogP contribution is 2.31. The first-order chi connectivity index (χ1) is 7.68. The number of carboxylic acids is 1.